The number of rotatable bonds is 8. The van der Waals surface area contributed by atoms with Gasteiger partial charge in [-0.05, 0) is 24.3 Å². The molecule has 0 heterocycles. The molecule has 0 atom stereocenters. The zero-order valence-corrected chi connectivity index (χ0v) is 12.4. The van der Waals surface area contributed by atoms with E-state index in [9.17, 15) is 4.79 Å². The fourth-order valence-electron chi connectivity index (χ4n) is 1.58. The lowest BCUT2D eigenvalue weighted by Gasteiger charge is -2.19. The first-order valence-electron chi connectivity index (χ1n) is 6.02. The number of carbonyl (C=O) groups excluding carboxylic acids is 1. The molecule has 0 unspecified atom stereocenters. The molecule has 1 amide bonds. The third-order valence-corrected chi connectivity index (χ3v) is 2.76. The third-order valence-electron chi connectivity index (χ3n) is 2.43. The van der Waals surface area contributed by atoms with Crippen molar-refractivity contribution in [2.24, 2.45) is 0 Å². The van der Waals surface area contributed by atoms with Gasteiger partial charge < -0.3 is 9.64 Å². The van der Waals surface area contributed by atoms with Crippen LogP contribution in [0.15, 0.2) is 49.6 Å². The van der Waals surface area contributed by atoms with E-state index in [1.807, 2.05) is 0 Å². The number of nitrogens with zero attached hydrogens (tertiary/aromatic N) is 1. The summed E-state index contributed by atoms with van der Waals surface area (Å²) in [5.41, 5.74) is 0.634. The van der Waals surface area contributed by atoms with Gasteiger partial charge in [-0.2, -0.15) is 0 Å². The SMILES string of the molecule is C=CCN(CC=C)C(=O)c1ccc(OCCBr)cc1. The summed E-state index contributed by atoms with van der Waals surface area (Å²) in [7, 11) is 0. The minimum Gasteiger partial charge on any atom is -0.493 e. The minimum absolute atomic E-state index is 0.0353. The van der Waals surface area contributed by atoms with E-state index in [1.54, 1.807) is 41.3 Å². The van der Waals surface area contributed by atoms with Gasteiger partial charge in [0.25, 0.3) is 5.91 Å². The van der Waals surface area contributed by atoms with E-state index in [4.69, 9.17) is 4.74 Å². The quantitative estimate of drug-likeness (QED) is 0.542. The van der Waals surface area contributed by atoms with E-state index in [0.29, 0.717) is 25.3 Å². The maximum atomic E-state index is 12.2. The normalized spacial score (nSPS) is 9.74. The van der Waals surface area contributed by atoms with Crippen molar-refractivity contribution in [2.75, 3.05) is 25.0 Å². The summed E-state index contributed by atoms with van der Waals surface area (Å²) in [5, 5.41) is 0.778. The Morgan fingerprint density at radius 3 is 2.26 bits per heavy atom. The molecule has 1 rings (SSSR count). The number of benzene rings is 1. The van der Waals surface area contributed by atoms with Crippen molar-refractivity contribution in [3.63, 3.8) is 0 Å². The molecule has 0 radical (unpaired) electrons. The van der Waals surface area contributed by atoms with Crippen LogP contribution in [0.5, 0.6) is 5.75 Å². The molecule has 0 saturated carbocycles. The smallest absolute Gasteiger partial charge is 0.254 e. The second-order valence-electron chi connectivity index (χ2n) is 3.85. The molecule has 0 aromatic heterocycles. The van der Waals surface area contributed by atoms with Gasteiger partial charge in [0.1, 0.15) is 5.75 Å². The van der Waals surface area contributed by atoms with Crippen molar-refractivity contribution < 1.29 is 9.53 Å². The highest BCUT2D eigenvalue weighted by molar-refractivity contribution is 9.09. The largest absolute Gasteiger partial charge is 0.493 e. The molecule has 0 aliphatic carbocycles. The monoisotopic (exact) mass is 323 g/mol. The Morgan fingerprint density at radius 2 is 1.79 bits per heavy atom. The molecular formula is C15H18BrNO2. The topological polar surface area (TPSA) is 29.5 Å². The summed E-state index contributed by atoms with van der Waals surface area (Å²) < 4.78 is 5.44. The number of carbonyl (C=O) groups is 1. The zero-order valence-electron chi connectivity index (χ0n) is 10.8. The van der Waals surface area contributed by atoms with Crippen molar-refractivity contribution in [3.8, 4) is 5.75 Å². The molecule has 0 saturated heterocycles. The number of amides is 1. The maximum absolute atomic E-state index is 12.2. The van der Waals surface area contributed by atoms with Crippen LogP contribution in [-0.4, -0.2) is 35.8 Å². The Bertz CT molecular complexity index is 418. The van der Waals surface area contributed by atoms with E-state index in [0.717, 1.165) is 11.1 Å². The first kappa shape index (κ1) is 15.5. The Hall–Kier alpha value is -1.55. The summed E-state index contributed by atoms with van der Waals surface area (Å²) in [6.07, 6.45) is 3.41. The fourth-order valence-corrected chi connectivity index (χ4v) is 1.75. The predicted octanol–water partition coefficient (Wildman–Crippen LogP) is 3.27. The van der Waals surface area contributed by atoms with E-state index in [1.165, 1.54) is 0 Å². The molecule has 1 aromatic rings. The molecule has 19 heavy (non-hydrogen) atoms. The van der Waals surface area contributed by atoms with E-state index in [2.05, 4.69) is 29.1 Å². The average Bonchev–Trinajstić information content (AvgIpc) is 2.44. The molecule has 102 valence electrons. The number of hydrogen-bond donors (Lipinski definition) is 0. The van der Waals surface area contributed by atoms with Crippen LogP contribution in [0.3, 0.4) is 0 Å². The van der Waals surface area contributed by atoms with Crippen molar-refractivity contribution >= 4 is 21.8 Å². The summed E-state index contributed by atoms with van der Waals surface area (Å²) in [5.74, 6) is 0.724. The highest BCUT2D eigenvalue weighted by Crippen LogP contribution is 2.14. The Labute approximate surface area is 122 Å². The van der Waals surface area contributed by atoms with Crippen molar-refractivity contribution in [1.29, 1.82) is 0 Å². The van der Waals surface area contributed by atoms with Crippen molar-refractivity contribution in [2.45, 2.75) is 0 Å². The van der Waals surface area contributed by atoms with Gasteiger partial charge >= 0.3 is 0 Å². The summed E-state index contributed by atoms with van der Waals surface area (Å²) >= 11 is 3.29. The first-order valence-corrected chi connectivity index (χ1v) is 7.15. The van der Waals surface area contributed by atoms with Gasteiger partial charge in [0.05, 0.1) is 6.61 Å². The molecule has 0 bridgehead atoms. The predicted molar refractivity (Wildman–Crippen MR) is 82.0 cm³/mol. The highest BCUT2D eigenvalue weighted by Gasteiger charge is 2.12. The number of ether oxygens (including phenoxy) is 1. The molecule has 4 heteroatoms. The Kier molecular flexibility index (Phi) is 6.97. The zero-order chi connectivity index (χ0) is 14.1. The van der Waals surface area contributed by atoms with Gasteiger partial charge in [-0.3, -0.25) is 4.79 Å². The Balaban J connectivity index is 2.74. The van der Waals surface area contributed by atoms with Crippen LogP contribution >= 0.6 is 15.9 Å². The molecule has 0 aliphatic rings. The second kappa shape index (κ2) is 8.53. The van der Waals surface area contributed by atoms with Gasteiger partial charge in [0, 0.05) is 24.0 Å². The molecule has 0 N–H and O–H groups in total. The molecule has 1 aromatic carbocycles. The molecule has 3 nitrogen and oxygen atoms in total. The van der Waals surface area contributed by atoms with E-state index >= 15 is 0 Å². The number of halogens is 1. The number of alkyl halides is 1. The minimum atomic E-state index is -0.0353. The number of hydrogen-bond acceptors (Lipinski definition) is 2. The van der Waals surface area contributed by atoms with Crippen LogP contribution in [0.25, 0.3) is 0 Å². The average molecular weight is 324 g/mol. The lowest BCUT2D eigenvalue weighted by atomic mass is 10.2. The van der Waals surface area contributed by atoms with E-state index in [-0.39, 0.29) is 5.91 Å². The van der Waals surface area contributed by atoms with Crippen LogP contribution in [0.2, 0.25) is 0 Å². The fraction of sp³-hybridized carbons (Fsp3) is 0.267. The Morgan fingerprint density at radius 1 is 1.21 bits per heavy atom. The molecule has 0 spiro atoms. The lowest BCUT2D eigenvalue weighted by Crippen LogP contribution is -2.31. The maximum Gasteiger partial charge on any atom is 0.254 e. The van der Waals surface area contributed by atoms with Gasteiger partial charge in [-0.1, -0.05) is 28.1 Å². The van der Waals surface area contributed by atoms with Gasteiger partial charge in [-0.25, -0.2) is 0 Å². The van der Waals surface area contributed by atoms with Crippen molar-refractivity contribution in [1.82, 2.24) is 4.90 Å². The highest BCUT2D eigenvalue weighted by atomic mass is 79.9. The van der Waals surface area contributed by atoms with Crippen LogP contribution in [0, 0.1) is 0 Å². The molecular weight excluding hydrogens is 306 g/mol. The van der Waals surface area contributed by atoms with Gasteiger partial charge in [0.15, 0.2) is 0 Å². The molecule has 0 fully saturated rings. The second-order valence-corrected chi connectivity index (χ2v) is 4.64. The third kappa shape index (κ3) is 4.91. The standard InChI is InChI=1S/C15H18BrNO2/c1-3-10-17(11-4-2)15(18)13-5-7-14(8-6-13)19-12-9-16/h3-8H,1-2,9-12H2. The van der Waals surface area contributed by atoms with Crippen molar-refractivity contribution in [3.05, 3.63) is 55.1 Å². The van der Waals surface area contributed by atoms with Gasteiger partial charge in [0.2, 0.25) is 0 Å². The van der Waals surface area contributed by atoms with Crippen LogP contribution < -0.4 is 4.74 Å². The van der Waals surface area contributed by atoms with E-state index < -0.39 is 0 Å². The first-order chi connectivity index (χ1) is 9.22. The van der Waals surface area contributed by atoms with Crippen LogP contribution in [0.4, 0.5) is 0 Å². The lowest BCUT2D eigenvalue weighted by molar-refractivity contribution is 0.0791. The summed E-state index contributed by atoms with van der Waals surface area (Å²) in [6.45, 7) is 8.92. The van der Waals surface area contributed by atoms with Gasteiger partial charge in [-0.15, -0.1) is 13.2 Å². The summed E-state index contributed by atoms with van der Waals surface area (Å²) in [6, 6.07) is 7.14. The van der Waals surface area contributed by atoms with Crippen LogP contribution in [-0.2, 0) is 0 Å². The molecule has 0 aliphatic heterocycles. The van der Waals surface area contributed by atoms with Crippen LogP contribution in [0.1, 0.15) is 10.4 Å². The summed E-state index contributed by atoms with van der Waals surface area (Å²) in [4.78, 5) is 13.9.